The average molecular weight is 380 g/mol. The summed E-state index contributed by atoms with van der Waals surface area (Å²) < 4.78 is 1.96. The second-order valence-corrected chi connectivity index (χ2v) is 8.16. The van der Waals surface area contributed by atoms with E-state index in [-0.39, 0.29) is 29.8 Å². The molecule has 26 heavy (non-hydrogen) atoms. The van der Waals surface area contributed by atoms with Crippen LogP contribution in [0, 0.1) is 6.92 Å². The van der Waals surface area contributed by atoms with Crippen molar-refractivity contribution in [1.82, 2.24) is 25.0 Å². The van der Waals surface area contributed by atoms with Gasteiger partial charge >= 0.3 is 0 Å². The molecule has 0 atom stereocenters. The molecule has 2 aromatic heterocycles. The van der Waals surface area contributed by atoms with Crippen LogP contribution >= 0.6 is 12.4 Å². The normalized spacial score (nSPS) is 15.4. The molecule has 0 bridgehead atoms. The number of carbonyl (C=O) groups excluding carboxylic acids is 1. The molecule has 0 spiro atoms. The molecule has 0 saturated carbocycles. The third-order valence-electron chi connectivity index (χ3n) is 4.69. The Morgan fingerprint density at radius 3 is 2.38 bits per heavy atom. The lowest BCUT2D eigenvalue weighted by Gasteiger charge is -2.28. The molecule has 0 aromatic carbocycles. The number of hydrogen-bond donors (Lipinski definition) is 1. The number of nitrogens with zero attached hydrogens (tertiary/aromatic N) is 4. The minimum Gasteiger partial charge on any atom is -0.336 e. The maximum Gasteiger partial charge on any atom is 0.254 e. The van der Waals surface area contributed by atoms with Gasteiger partial charge in [0.05, 0.1) is 22.2 Å². The van der Waals surface area contributed by atoms with Crippen molar-refractivity contribution in [3.05, 3.63) is 23.0 Å². The first-order valence-corrected chi connectivity index (χ1v) is 9.11. The number of aromatic nitrogens is 3. The Hall–Kier alpha value is -1.66. The molecular weight excluding hydrogens is 350 g/mol. The smallest absolute Gasteiger partial charge is 0.254 e. The molecule has 1 saturated heterocycles. The number of fused-ring (bicyclic) bond motifs is 1. The summed E-state index contributed by atoms with van der Waals surface area (Å²) in [6.45, 7) is 15.7. The van der Waals surface area contributed by atoms with Crippen molar-refractivity contribution in [3.8, 4) is 0 Å². The number of hydrogen-bond acceptors (Lipinski definition) is 4. The van der Waals surface area contributed by atoms with Crippen LogP contribution in [0.15, 0.2) is 6.07 Å². The summed E-state index contributed by atoms with van der Waals surface area (Å²) in [7, 11) is 0. The first-order valence-electron chi connectivity index (χ1n) is 9.11. The number of rotatable bonds is 2. The predicted molar refractivity (Wildman–Crippen MR) is 107 cm³/mol. The van der Waals surface area contributed by atoms with Crippen molar-refractivity contribution < 1.29 is 4.79 Å². The number of pyridine rings is 1. The molecule has 1 fully saturated rings. The van der Waals surface area contributed by atoms with Gasteiger partial charge in [0.15, 0.2) is 5.65 Å². The van der Waals surface area contributed by atoms with Gasteiger partial charge in [-0.15, -0.1) is 12.4 Å². The minimum absolute atomic E-state index is 0. The Bertz CT molecular complexity index is 800. The van der Waals surface area contributed by atoms with E-state index in [9.17, 15) is 4.79 Å². The number of nitrogens with one attached hydrogen (secondary N) is 1. The van der Waals surface area contributed by atoms with Crippen LogP contribution in [0.25, 0.3) is 11.0 Å². The Balaban J connectivity index is 0.00000243. The topological polar surface area (TPSA) is 63.1 Å². The fourth-order valence-electron chi connectivity index (χ4n) is 3.28. The van der Waals surface area contributed by atoms with Gasteiger partial charge in [-0.3, -0.25) is 4.79 Å². The predicted octanol–water partition coefficient (Wildman–Crippen LogP) is 3.09. The minimum atomic E-state index is -0.190. The number of carbonyl (C=O) groups is 1. The molecular formula is C19H30ClN5O. The van der Waals surface area contributed by atoms with E-state index in [0.29, 0.717) is 0 Å². The molecule has 6 nitrogen and oxygen atoms in total. The third kappa shape index (κ3) is 3.71. The van der Waals surface area contributed by atoms with Crippen molar-refractivity contribution in [2.45, 2.75) is 53.0 Å². The molecule has 0 aliphatic carbocycles. The summed E-state index contributed by atoms with van der Waals surface area (Å²) in [6, 6.07) is 1.97. The lowest BCUT2D eigenvalue weighted by atomic mass is 10.0. The van der Waals surface area contributed by atoms with Crippen molar-refractivity contribution in [2.24, 2.45) is 0 Å². The molecule has 0 unspecified atom stereocenters. The zero-order chi connectivity index (χ0) is 18.4. The highest BCUT2D eigenvalue weighted by molar-refractivity contribution is 6.06. The lowest BCUT2D eigenvalue weighted by Crippen LogP contribution is -2.46. The Morgan fingerprint density at radius 1 is 1.23 bits per heavy atom. The van der Waals surface area contributed by atoms with Crippen LogP contribution in [0.4, 0.5) is 0 Å². The molecule has 0 radical (unpaired) electrons. The second kappa shape index (κ2) is 7.53. The Labute approximate surface area is 161 Å². The highest BCUT2D eigenvalue weighted by atomic mass is 35.5. The molecule has 1 N–H and O–H groups in total. The van der Waals surface area contributed by atoms with E-state index in [1.807, 2.05) is 22.6 Å². The molecule has 2 aromatic rings. The van der Waals surface area contributed by atoms with Gasteiger partial charge in [-0.25, -0.2) is 9.67 Å². The van der Waals surface area contributed by atoms with Crippen LogP contribution in [0.1, 0.15) is 62.3 Å². The van der Waals surface area contributed by atoms with Crippen molar-refractivity contribution in [2.75, 3.05) is 26.2 Å². The number of halogens is 1. The van der Waals surface area contributed by atoms with Gasteiger partial charge < -0.3 is 10.2 Å². The number of piperazine rings is 1. The lowest BCUT2D eigenvalue weighted by molar-refractivity contribution is 0.0737. The molecule has 144 valence electrons. The van der Waals surface area contributed by atoms with Gasteiger partial charge in [0.2, 0.25) is 0 Å². The molecule has 3 rings (SSSR count). The van der Waals surface area contributed by atoms with Crippen LogP contribution in [-0.4, -0.2) is 51.8 Å². The summed E-state index contributed by atoms with van der Waals surface area (Å²) >= 11 is 0. The Kier molecular flexibility index (Phi) is 5.98. The van der Waals surface area contributed by atoms with E-state index in [1.54, 1.807) is 0 Å². The van der Waals surface area contributed by atoms with Crippen LogP contribution in [-0.2, 0) is 5.54 Å². The van der Waals surface area contributed by atoms with Gasteiger partial charge in [0, 0.05) is 31.9 Å². The van der Waals surface area contributed by atoms with Gasteiger partial charge in [0.1, 0.15) is 0 Å². The molecule has 3 heterocycles. The summed E-state index contributed by atoms with van der Waals surface area (Å²) in [5, 5.41) is 8.91. The maximum absolute atomic E-state index is 13.2. The van der Waals surface area contributed by atoms with Crippen molar-refractivity contribution in [1.29, 1.82) is 0 Å². The zero-order valence-corrected chi connectivity index (χ0v) is 17.4. The molecule has 1 amide bonds. The molecule has 7 heteroatoms. The Morgan fingerprint density at radius 2 is 1.85 bits per heavy atom. The van der Waals surface area contributed by atoms with E-state index >= 15 is 0 Å². The molecule has 1 aliphatic rings. The SMILES string of the molecule is Cc1nn(C(C)(C)C)c2nc(C(C)C)cc(C(=O)N3CCNCC3)c12.Cl. The average Bonchev–Trinajstić information content (AvgIpc) is 2.91. The summed E-state index contributed by atoms with van der Waals surface area (Å²) in [4.78, 5) is 20.0. The van der Waals surface area contributed by atoms with Crippen LogP contribution in [0.2, 0.25) is 0 Å². The van der Waals surface area contributed by atoms with E-state index in [0.717, 1.165) is 54.2 Å². The number of amides is 1. The fraction of sp³-hybridized carbons (Fsp3) is 0.632. The van der Waals surface area contributed by atoms with E-state index in [1.165, 1.54) is 0 Å². The monoisotopic (exact) mass is 379 g/mol. The van der Waals surface area contributed by atoms with Crippen molar-refractivity contribution >= 4 is 29.3 Å². The van der Waals surface area contributed by atoms with Gasteiger partial charge in [0.25, 0.3) is 5.91 Å². The van der Waals surface area contributed by atoms with Gasteiger partial charge in [-0.2, -0.15) is 5.10 Å². The summed E-state index contributed by atoms with van der Waals surface area (Å²) in [5.74, 6) is 0.343. The first kappa shape index (κ1) is 20.6. The maximum atomic E-state index is 13.2. The standard InChI is InChI=1S/C19H29N5O.ClH/c1-12(2)15-11-14(18(25)23-9-7-20-8-10-23)16-13(3)22-24(17(16)21-15)19(4,5)6;/h11-12,20H,7-10H2,1-6H3;1H. The van der Waals surface area contributed by atoms with E-state index in [2.05, 4.69) is 39.9 Å². The largest absolute Gasteiger partial charge is 0.336 e. The van der Waals surface area contributed by atoms with Crippen LogP contribution in [0.3, 0.4) is 0 Å². The van der Waals surface area contributed by atoms with Gasteiger partial charge in [-0.1, -0.05) is 13.8 Å². The quantitative estimate of drug-likeness (QED) is 0.870. The van der Waals surface area contributed by atoms with E-state index in [4.69, 9.17) is 10.1 Å². The van der Waals surface area contributed by atoms with Crippen molar-refractivity contribution in [3.63, 3.8) is 0 Å². The van der Waals surface area contributed by atoms with E-state index < -0.39 is 0 Å². The summed E-state index contributed by atoms with van der Waals surface area (Å²) in [5.41, 5.74) is 3.17. The first-order chi connectivity index (χ1) is 11.7. The second-order valence-electron chi connectivity index (χ2n) is 8.16. The van der Waals surface area contributed by atoms with Crippen LogP contribution in [0.5, 0.6) is 0 Å². The van der Waals surface area contributed by atoms with Crippen LogP contribution < -0.4 is 5.32 Å². The third-order valence-corrected chi connectivity index (χ3v) is 4.69. The molecule has 1 aliphatic heterocycles. The fourth-order valence-corrected chi connectivity index (χ4v) is 3.28. The highest BCUT2D eigenvalue weighted by Gasteiger charge is 2.27. The highest BCUT2D eigenvalue weighted by Crippen LogP contribution is 2.29. The van der Waals surface area contributed by atoms with Gasteiger partial charge in [-0.05, 0) is 39.7 Å². The zero-order valence-electron chi connectivity index (χ0n) is 16.6. The summed E-state index contributed by atoms with van der Waals surface area (Å²) in [6.07, 6.45) is 0. The number of aryl methyl sites for hydroxylation is 1.